The predicted octanol–water partition coefficient (Wildman–Crippen LogP) is 21.8. The highest BCUT2D eigenvalue weighted by atomic mass is 16.5. The van der Waals surface area contributed by atoms with Crippen molar-refractivity contribution in [3.63, 3.8) is 0 Å². The van der Waals surface area contributed by atoms with Crippen LogP contribution < -0.4 is 31.3 Å². The summed E-state index contributed by atoms with van der Waals surface area (Å²) in [6.07, 6.45) is 4.05. The molecular weight excluding hydrogens is 1650 g/mol. The van der Waals surface area contributed by atoms with Gasteiger partial charge >= 0.3 is 11.9 Å². The number of hydrogen-bond acceptors (Lipinski definition) is 15. The zero-order valence-corrected chi connectivity index (χ0v) is 72.2. The van der Waals surface area contributed by atoms with Crippen LogP contribution in [0.4, 0.5) is 28.4 Å². The fourth-order valence-corrected chi connectivity index (χ4v) is 13.6. The van der Waals surface area contributed by atoms with Crippen molar-refractivity contribution in [3.05, 3.63) is 332 Å². The second kappa shape index (κ2) is 43.8. The number of carboxylic acids is 2. The van der Waals surface area contributed by atoms with Crippen molar-refractivity contribution >= 4 is 131 Å². The number of aliphatic carboxylic acids is 2. The number of anilines is 5. The van der Waals surface area contributed by atoms with Crippen LogP contribution in [0.1, 0.15) is 97.8 Å². The number of ketones is 1. The maximum Gasteiger partial charge on any atom is 0.303 e. The first-order valence-corrected chi connectivity index (χ1v) is 42.7. The van der Waals surface area contributed by atoms with E-state index in [0.29, 0.717) is 48.0 Å². The Morgan fingerprint density at radius 1 is 0.382 bits per heavy atom. The summed E-state index contributed by atoms with van der Waals surface area (Å²) in [5.41, 5.74) is 21.0. The number of rotatable bonds is 25. The first-order chi connectivity index (χ1) is 63.6. The number of fused-ring (bicyclic) bond motifs is 5. The fraction of sp³-hybridized carbons (Fsp3) is 0.144. The lowest BCUT2D eigenvalue weighted by molar-refractivity contribution is -0.138. The smallest absolute Gasteiger partial charge is 0.303 e. The number of para-hydroxylation sites is 10. The van der Waals surface area contributed by atoms with Gasteiger partial charge in [-0.25, -0.2) is 24.9 Å². The van der Waals surface area contributed by atoms with E-state index in [-0.39, 0.29) is 72.7 Å². The minimum absolute atomic E-state index is 0.00318. The first kappa shape index (κ1) is 90.3. The van der Waals surface area contributed by atoms with Crippen molar-refractivity contribution in [3.8, 4) is 62.7 Å². The van der Waals surface area contributed by atoms with Gasteiger partial charge in [-0.1, -0.05) is 116 Å². The maximum absolute atomic E-state index is 12.5. The molecule has 12 aromatic carbocycles. The summed E-state index contributed by atoms with van der Waals surface area (Å²) in [5, 5.41) is 30.9. The van der Waals surface area contributed by atoms with Crippen LogP contribution in [0.2, 0.25) is 0 Å². The molecule has 0 saturated heterocycles. The van der Waals surface area contributed by atoms with E-state index in [9.17, 15) is 38.4 Å². The number of nitrogens with zero attached hydrogens (tertiary/aromatic N) is 5. The Labute approximate surface area is 753 Å². The molecule has 1 fully saturated rings. The Morgan fingerprint density at radius 3 is 1.03 bits per heavy atom. The third-order valence-electron chi connectivity index (χ3n) is 20.5. The van der Waals surface area contributed by atoms with Crippen molar-refractivity contribution in [1.82, 2.24) is 49.8 Å². The molecule has 0 radical (unpaired) electrons. The number of furan rings is 1. The van der Waals surface area contributed by atoms with Crippen molar-refractivity contribution in [1.29, 1.82) is 0 Å². The predicted molar refractivity (Wildman–Crippen MR) is 512 cm³/mol. The van der Waals surface area contributed by atoms with E-state index < -0.39 is 11.9 Å². The van der Waals surface area contributed by atoms with Gasteiger partial charge in [0.05, 0.1) is 80.9 Å². The van der Waals surface area contributed by atoms with Gasteiger partial charge < -0.3 is 70.9 Å². The molecule has 0 atom stereocenters. The molecule has 1 aliphatic rings. The van der Waals surface area contributed by atoms with Crippen molar-refractivity contribution in [2.24, 2.45) is 11.8 Å². The van der Waals surface area contributed by atoms with Crippen molar-refractivity contribution in [2.75, 3.05) is 33.2 Å². The number of H-pyrrole nitrogens is 5. The monoisotopic (exact) mass is 1750 g/mol. The molecular formula is C104H95N15O12. The minimum Gasteiger partial charge on any atom is -0.494 e. The standard InChI is InChI=1S/C23H20N2O2.C18H13N3O2.C18H19N3O.C17H15N3O3.C17H15N3O.C11H13NO3/c1-2-27-19-13-11-17(12-14-19)22(26)15-16-7-9-18(10-8-16)23-24-20-5-3-4-6-21(20)25-23;22-18(16-6-3-11-23-16)19-13-9-7-12(8-10-13)17-20-14-4-1-2-5-15(14)21-17;1-12(2)11-17(22)19-14-9-7-13(8-10-14)18-20-15-5-3-4-6-16(15)21-18;21-15(9-10-16(22)23)18-12-7-5-11(6-8-12)17-19-13-3-1-2-4-14(13)20-17;21-17(12-5-6-12)18-13-9-7-11(8-10-13)16-19-14-3-1-2-4-15(14)20-16;1-8-2-4-9(5-3-8)12-10(13)6-7-11(14)15/h3-14H,2,15H2,1H3,(H,24,25);1-11H,(H,19,22)(H,20,21);3-10,12H,11H2,1-2H3,(H,19,22)(H,20,21);1-8H,9-10H2,(H,18,21)(H,19,20)(H,22,23);1-4,7-10,12H,5-6H2,(H,18,21)(H,19,20);2-5H,6-7H2,1H3,(H,12,13)(H,14,15). The number of nitrogens with one attached hydrogen (secondary N) is 10. The average molecular weight is 1750 g/mol. The molecule has 18 aromatic rings. The molecule has 0 bridgehead atoms. The first-order valence-electron chi connectivity index (χ1n) is 42.7. The van der Waals surface area contributed by atoms with Crippen LogP contribution in [0.25, 0.3) is 112 Å². The third-order valence-corrected chi connectivity index (χ3v) is 20.5. The molecule has 12 N–H and O–H groups in total. The van der Waals surface area contributed by atoms with Gasteiger partial charge in [-0.3, -0.25) is 38.4 Å². The normalized spacial score (nSPS) is 11.2. The van der Waals surface area contributed by atoms with Crippen LogP contribution >= 0.6 is 0 Å². The van der Waals surface area contributed by atoms with Crippen LogP contribution in [-0.4, -0.2) is 114 Å². The molecule has 27 heteroatoms. The van der Waals surface area contributed by atoms with E-state index >= 15 is 0 Å². The quantitative estimate of drug-likeness (QED) is 0.0236. The number of hydrogen-bond donors (Lipinski definition) is 12. The van der Waals surface area contributed by atoms with Crippen LogP contribution in [-0.2, 0) is 35.2 Å². The number of carbonyl (C=O) groups is 8. The molecule has 1 aliphatic carbocycles. The summed E-state index contributed by atoms with van der Waals surface area (Å²) >= 11 is 0. The summed E-state index contributed by atoms with van der Waals surface area (Å²) in [7, 11) is 0. The number of amides is 5. The summed E-state index contributed by atoms with van der Waals surface area (Å²) in [5.74, 6) is 3.17. The number of aryl methyl sites for hydroxylation is 1. The van der Waals surface area contributed by atoms with Crippen LogP contribution in [0.5, 0.6) is 5.75 Å². The number of aromatic amines is 5. The van der Waals surface area contributed by atoms with E-state index in [1.165, 1.54) is 6.26 Å². The molecule has 131 heavy (non-hydrogen) atoms. The summed E-state index contributed by atoms with van der Waals surface area (Å²) in [4.78, 5) is 131. The highest BCUT2D eigenvalue weighted by Gasteiger charge is 2.29. The van der Waals surface area contributed by atoms with Gasteiger partial charge in [-0.15, -0.1) is 0 Å². The Hall–Kier alpha value is -17.0. The summed E-state index contributed by atoms with van der Waals surface area (Å²) < 4.78 is 10.5. The van der Waals surface area contributed by atoms with E-state index in [0.717, 1.165) is 153 Å². The second-order valence-electron chi connectivity index (χ2n) is 31.2. The number of ether oxygens (including phenoxy) is 1. The third kappa shape index (κ3) is 26.1. The molecule has 6 heterocycles. The second-order valence-corrected chi connectivity index (χ2v) is 31.2. The Morgan fingerprint density at radius 2 is 0.710 bits per heavy atom. The van der Waals surface area contributed by atoms with Crippen LogP contribution in [0, 0.1) is 18.8 Å². The molecule has 6 aromatic heterocycles. The number of imidazole rings is 5. The number of carboxylic acid groups (broad SMARTS) is 2. The van der Waals surface area contributed by atoms with Gasteiger partial charge in [0.25, 0.3) is 5.91 Å². The number of Topliss-reactive ketones (excluding diaryl/α,β-unsaturated/α-hetero) is 1. The molecule has 19 rings (SSSR count). The van der Waals surface area contributed by atoms with E-state index in [1.54, 1.807) is 36.4 Å². The van der Waals surface area contributed by atoms with Gasteiger partial charge in [0, 0.05) is 93.4 Å². The molecule has 0 aliphatic heterocycles. The average Bonchev–Trinajstić information content (AvgIpc) is 1.69. The van der Waals surface area contributed by atoms with Crippen LogP contribution in [0.15, 0.2) is 314 Å². The Bertz CT molecular complexity index is 6770. The van der Waals surface area contributed by atoms with Gasteiger partial charge in [-0.2, -0.15) is 0 Å². The summed E-state index contributed by atoms with van der Waals surface area (Å²) in [6, 6.07) is 95.7. The Balaban J connectivity index is 0.000000128. The Kier molecular flexibility index (Phi) is 30.2. The molecule has 0 spiro atoms. The highest BCUT2D eigenvalue weighted by molar-refractivity contribution is 6.03. The molecule has 0 unspecified atom stereocenters. The minimum atomic E-state index is -0.986. The fourth-order valence-electron chi connectivity index (χ4n) is 13.6. The van der Waals surface area contributed by atoms with E-state index in [1.807, 2.05) is 295 Å². The molecule has 658 valence electrons. The highest BCUT2D eigenvalue weighted by Crippen LogP contribution is 2.32. The lowest BCUT2D eigenvalue weighted by Crippen LogP contribution is -2.13. The van der Waals surface area contributed by atoms with E-state index in [2.05, 4.69) is 76.4 Å². The topological polar surface area (TPSA) is 403 Å². The van der Waals surface area contributed by atoms with E-state index in [4.69, 9.17) is 19.4 Å². The zero-order chi connectivity index (χ0) is 91.5. The maximum atomic E-state index is 12.5. The lowest BCUT2D eigenvalue weighted by atomic mass is 10.0. The zero-order valence-electron chi connectivity index (χ0n) is 72.2. The van der Waals surface area contributed by atoms with Gasteiger partial charge in [-0.05, 0) is 244 Å². The van der Waals surface area contributed by atoms with Crippen LogP contribution in [0.3, 0.4) is 0 Å². The largest absolute Gasteiger partial charge is 0.494 e. The van der Waals surface area contributed by atoms with Crippen molar-refractivity contribution < 1.29 is 57.7 Å². The summed E-state index contributed by atoms with van der Waals surface area (Å²) in [6.45, 7) is 8.57. The molecule has 27 nitrogen and oxygen atoms in total. The van der Waals surface area contributed by atoms with Crippen molar-refractivity contribution in [2.45, 2.75) is 79.1 Å². The number of carbonyl (C=O) groups excluding carboxylic acids is 6. The van der Waals surface area contributed by atoms with Gasteiger partial charge in [0.1, 0.15) is 34.9 Å². The number of benzene rings is 12. The number of aromatic nitrogens is 10. The lowest BCUT2D eigenvalue weighted by Gasteiger charge is -2.07. The molecule has 1 saturated carbocycles. The molecule has 5 amide bonds. The van der Waals surface area contributed by atoms with Gasteiger partial charge in [0.15, 0.2) is 11.5 Å². The van der Waals surface area contributed by atoms with Gasteiger partial charge in [0.2, 0.25) is 23.6 Å². The SMILES string of the molecule is CC(C)CC(=O)Nc1ccc(-c2nc3ccccc3[nH]2)cc1.CCOc1ccc(C(=O)Cc2ccc(-c3nc4ccccc4[nH]3)cc2)cc1.Cc1ccc(NC(=O)CCC(=O)O)cc1.O=C(Nc1ccc(-c2nc3ccccc3[nH]2)cc1)C1CC1.O=C(Nc1ccc(-c2nc3ccccc3[nH]2)cc1)c1ccco1.O=C(O)CCC(=O)Nc1ccc(-c2nc3ccccc3[nH]2)cc1.